The molecular formula is C11H18Cl2N2O2S. The molecule has 1 aromatic carbocycles. The number of rotatable bonds is 6. The molecule has 4 nitrogen and oxygen atoms in total. The third kappa shape index (κ3) is 5.12. The van der Waals surface area contributed by atoms with Gasteiger partial charge in [0.1, 0.15) is 0 Å². The summed E-state index contributed by atoms with van der Waals surface area (Å²) in [5.74, 6) is 0. The number of aryl methyl sites for hydroxylation is 1. The molecule has 7 heteroatoms. The normalized spacial score (nSPS) is 11.1. The number of hydrogen-bond donors (Lipinski definition) is 2. The SMILES string of the molecule is CNCCCNS(=O)(=O)c1ccc(C)c(Cl)c1.Cl. The molecule has 0 fully saturated rings. The Morgan fingerprint density at radius 3 is 2.50 bits per heavy atom. The lowest BCUT2D eigenvalue weighted by atomic mass is 10.2. The largest absolute Gasteiger partial charge is 0.320 e. The number of sulfonamides is 1. The van der Waals surface area contributed by atoms with Crippen LogP contribution in [0.3, 0.4) is 0 Å². The lowest BCUT2D eigenvalue weighted by Gasteiger charge is -2.07. The van der Waals surface area contributed by atoms with E-state index in [0.717, 1.165) is 18.5 Å². The van der Waals surface area contributed by atoms with Crippen molar-refractivity contribution < 1.29 is 8.42 Å². The van der Waals surface area contributed by atoms with Crippen molar-refractivity contribution in [2.24, 2.45) is 0 Å². The van der Waals surface area contributed by atoms with Gasteiger partial charge in [0.05, 0.1) is 4.90 Å². The highest BCUT2D eigenvalue weighted by Crippen LogP contribution is 2.19. The third-order valence-corrected chi connectivity index (χ3v) is 4.22. The van der Waals surface area contributed by atoms with Crippen molar-refractivity contribution in [2.45, 2.75) is 18.2 Å². The summed E-state index contributed by atoms with van der Waals surface area (Å²) in [6.07, 6.45) is 0.745. The molecule has 1 rings (SSSR count). The van der Waals surface area contributed by atoms with Gasteiger partial charge in [-0.2, -0.15) is 0 Å². The molecule has 2 N–H and O–H groups in total. The fourth-order valence-corrected chi connectivity index (χ4v) is 2.64. The van der Waals surface area contributed by atoms with E-state index in [1.54, 1.807) is 12.1 Å². The van der Waals surface area contributed by atoms with Crippen LogP contribution in [0.2, 0.25) is 5.02 Å². The van der Waals surface area contributed by atoms with Gasteiger partial charge in [-0.3, -0.25) is 0 Å². The molecule has 0 bridgehead atoms. The van der Waals surface area contributed by atoms with E-state index in [1.807, 2.05) is 14.0 Å². The number of nitrogens with one attached hydrogen (secondary N) is 2. The third-order valence-electron chi connectivity index (χ3n) is 2.35. The van der Waals surface area contributed by atoms with Gasteiger partial charge >= 0.3 is 0 Å². The van der Waals surface area contributed by atoms with Crippen molar-refractivity contribution in [3.05, 3.63) is 28.8 Å². The van der Waals surface area contributed by atoms with E-state index in [1.165, 1.54) is 6.07 Å². The number of benzene rings is 1. The molecule has 0 aromatic heterocycles. The van der Waals surface area contributed by atoms with E-state index < -0.39 is 10.0 Å². The molecule has 0 saturated heterocycles. The summed E-state index contributed by atoms with van der Waals surface area (Å²) in [5.41, 5.74) is 0.862. The van der Waals surface area contributed by atoms with Crippen molar-refractivity contribution in [3.8, 4) is 0 Å². The second-order valence-electron chi connectivity index (χ2n) is 3.77. The summed E-state index contributed by atoms with van der Waals surface area (Å²) in [6.45, 7) is 3.02. The lowest BCUT2D eigenvalue weighted by molar-refractivity contribution is 0.577. The van der Waals surface area contributed by atoms with Crippen molar-refractivity contribution >= 4 is 34.0 Å². The fourth-order valence-electron chi connectivity index (χ4n) is 1.30. The Hall–Kier alpha value is -0.330. The summed E-state index contributed by atoms with van der Waals surface area (Å²) < 4.78 is 26.3. The highest BCUT2D eigenvalue weighted by molar-refractivity contribution is 7.89. The Balaban J connectivity index is 0.00000289. The lowest BCUT2D eigenvalue weighted by Crippen LogP contribution is -2.26. The van der Waals surface area contributed by atoms with Gasteiger partial charge < -0.3 is 5.32 Å². The van der Waals surface area contributed by atoms with Crippen LogP contribution in [-0.2, 0) is 10.0 Å². The Kier molecular flexibility index (Phi) is 7.82. The molecule has 0 heterocycles. The second-order valence-corrected chi connectivity index (χ2v) is 5.94. The van der Waals surface area contributed by atoms with Gasteiger partial charge in [0.25, 0.3) is 0 Å². The van der Waals surface area contributed by atoms with Gasteiger partial charge in [-0.15, -0.1) is 12.4 Å². The molecule has 0 radical (unpaired) electrons. The van der Waals surface area contributed by atoms with Crippen LogP contribution in [0, 0.1) is 6.92 Å². The van der Waals surface area contributed by atoms with Crippen molar-refractivity contribution in [2.75, 3.05) is 20.1 Å². The van der Waals surface area contributed by atoms with E-state index in [2.05, 4.69) is 10.0 Å². The van der Waals surface area contributed by atoms with E-state index in [-0.39, 0.29) is 17.3 Å². The molecular weight excluding hydrogens is 295 g/mol. The minimum Gasteiger partial charge on any atom is -0.320 e. The molecule has 0 spiro atoms. The summed E-state index contributed by atoms with van der Waals surface area (Å²) >= 11 is 5.90. The highest BCUT2D eigenvalue weighted by Gasteiger charge is 2.13. The number of halogens is 2. The molecule has 0 saturated carbocycles. The highest BCUT2D eigenvalue weighted by atomic mass is 35.5. The second kappa shape index (κ2) is 7.96. The molecule has 1 aromatic rings. The molecule has 0 aliphatic heterocycles. The predicted molar refractivity (Wildman–Crippen MR) is 77.2 cm³/mol. The van der Waals surface area contributed by atoms with Crippen molar-refractivity contribution in [1.29, 1.82) is 0 Å². The molecule has 0 atom stereocenters. The first-order valence-corrected chi connectivity index (χ1v) is 7.24. The Labute approximate surface area is 120 Å². The van der Waals surface area contributed by atoms with Gasteiger partial charge in [0.2, 0.25) is 10.0 Å². The Morgan fingerprint density at radius 1 is 1.28 bits per heavy atom. The van der Waals surface area contributed by atoms with Crippen LogP contribution < -0.4 is 10.0 Å². The smallest absolute Gasteiger partial charge is 0.240 e. The minimum absolute atomic E-state index is 0. The molecule has 0 aliphatic carbocycles. The van der Waals surface area contributed by atoms with Crippen molar-refractivity contribution in [3.63, 3.8) is 0 Å². The Bertz CT molecular complexity index is 478. The summed E-state index contributed by atoms with van der Waals surface area (Å²) in [5, 5.41) is 3.42. The average molecular weight is 313 g/mol. The molecule has 18 heavy (non-hydrogen) atoms. The van der Waals surface area contributed by atoms with Crippen LogP contribution in [0.4, 0.5) is 0 Å². The fraction of sp³-hybridized carbons (Fsp3) is 0.455. The maximum absolute atomic E-state index is 11.9. The van der Waals surface area contributed by atoms with Crippen LogP contribution in [0.15, 0.2) is 23.1 Å². The van der Waals surface area contributed by atoms with Crippen LogP contribution in [0.25, 0.3) is 0 Å². The summed E-state index contributed by atoms with van der Waals surface area (Å²) in [7, 11) is -1.61. The molecule has 0 amide bonds. The zero-order chi connectivity index (χ0) is 12.9. The first-order valence-electron chi connectivity index (χ1n) is 5.38. The van der Waals surface area contributed by atoms with E-state index >= 15 is 0 Å². The first-order chi connectivity index (χ1) is 7.97. The predicted octanol–water partition coefficient (Wildman–Crippen LogP) is 1.96. The van der Waals surface area contributed by atoms with Gasteiger partial charge in [0.15, 0.2) is 0 Å². The van der Waals surface area contributed by atoms with Gasteiger partial charge in [-0.1, -0.05) is 17.7 Å². The summed E-state index contributed by atoms with van der Waals surface area (Å²) in [6, 6.07) is 4.73. The first kappa shape index (κ1) is 17.7. The van der Waals surface area contributed by atoms with Crippen molar-refractivity contribution in [1.82, 2.24) is 10.0 Å². The van der Waals surface area contributed by atoms with Gasteiger partial charge in [-0.25, -0.2) is 13.1 Å². The van der Waals surface area contributed by atoms with E-state index in [0.29, 0.717) is 11.6 Å². The van der Waals surface area contributed by atoms with Gasteiger partial charge in [0, 0.05) is 11.6 Å². The Morgan fingerprint density at radius 2 is 1.94 bits per heavy atom. The monoisotopic (exact) mass is 312 g/mol. The van der Waals surface area contributed by atoms with Crippen LogP contribution in [0.5, 0.6) is 0 Å². The zero-order valence-corrected chi connectivity index (χ0v) is 12.8. The van der Waals surface area contributed by atoms with E-state index in [4.69, 9.17) is 11.6 Å². The van der Waals surface area contributed by atoms with Crippen LogP contribution in [0.1, 0.15) is 12.0 Å². The maximum atomic E-state index is 11.9. The van der Waals surface area contributed by atoms with E-state index in [9.17, 15) is 8.42 Å². The average Bonchev–Trinajstić information content (AvgIpc) is 2.28. The maximum Gasteiger partial charge on any atom is 0.240 e. The number of hydrogen-bond acceptors (Lipinski definition) is 3. The zero-order valence-electron chi connectivity index (χ0n) is 10.4. The molecule has 0 aliphatic rings. The van der Waals surface area contributed by atoms with Crippen LogP contribution >= 0.6 is 24.0 Å². The molecule has 104 valence electrons. The quantitative estimate of drug-likeness (QED) is 0.789. The summed E-state index contributed by atoms with van der Waals surface area (Å²) in [4.78, 5) is 0.206. The molecule has 0 unspecified atom stereocenters. The topological polar surface area (TPSA) is 58.2 Å². The van der Waals surface area contributed by atoms with Crippen LogP contribution in [-0.4, -0.2) is 28.6 Å². The minimum atomic E-state index is -3.44. The van der Waals surface area contributed by atoms with Gasteiger partial charge in [-0.05, 0) is 44.6 Å². The standard InChI is InChI=1S/C11H17ClN2O2S.ClH/c1-9-4-5-10(8-11(9)12)17(15,16)14-7-3-6-13-2;/h4-5,8,13-14H,3,6-7H2,1-2H3;1H.